The molecule has 0 saturated carbocycles. The molecule has 0 aliphatic rings. The van der Waals surface area contributed by atoms with Crippen molar-refractivity contribution in [1.29, 1.82) is 0 Å². The first-order valence-electron chi connectivity index (χ1n) is 9.00. The smallest absolute Gasteiger partial charge is 0.333 e. The first kappa shape index (κ1) is 22.1. The maximum Gasteiger partial charge on any atom is 0.418 e. The van der Waals surface area contributed by atoms with Crippen molar-refractivity contribution in [2.45, 2.75) is 17.4 Å². The first-order chi connectivity index (χ1) is 14.3. The first-order valence-corrected chi connectivity index (χ1v) is 10.8. The summed E-state index contributed by atoms with van der Waals surface area (Å²) in [5.41, 5.74) is -0.408. The minimum atomic E-state index is -4.59. The Morgan fingerprint density at radius 2 is 1.83 bits per heavy atom. The summed E-state index contributed by atoms with van der Waals surface area (Å²) in [6.07, 6.45) is -4.59. The zero-order valence-corrected chi connectivity index (χ0v) is 17.5. The summed E-state index contributed by atoms with van der Waals surface area (Å²) in [6, 6.07) is 12.4. The van der Waals surface area contributed by atoms with Gasteiger partial charge < -0.3 is 10.2 Å². The fraction of sp³-hybridized carbons (Fsp3) is 0.250. The van der Waals surface area contributed by atoms with Gasteiger partial charge in [0.25, 0.3) is 0 Å². The number of aromatic nitrogens is 1. The van der Waals surface area contributed by atoms with E-state index < -0.39 is 17.6 Å². The number of rotatable bonds is 7. The van der Waals surface area contributed by atoms with Crippen molar-refractivity contribution in [1.82, 2.24) is 9.88 Å². The summed E-state index contributed by atoms with van der Waals surface area (Å²) < 4.78 is 41.0. The fourth-order valence-corrected chi connectivity index (χ4v) is 4.68. The molecule has 0 aliphatic heterocycles. The van der Waals surface area contributed by atoms with Crippen LogP contribution in [-0.4, -0.2) is 40.5 Å². The maximum absolute atomic E-state index is 13.1. The maximum atomic E-state index is 13.1. The van der Waals surface area contributed by atoms with E-state index >= 15 is 0 Å². The van der Waals surface area contributed by atoms with Crippen LogP contribution in [0.2, 0.25) is 0 Å². The second-order valence-corrected chi connectivity index (χ2v) is 8.49. The van der Waals surface area contributed by atoms with Gasteiger partial charge in [-0.1, -0.05) is 36.0 Å². The number of benzene rings is 2. The fourth-order valence-electron chi connectivity index (χ4n) is 2.71. The Morgan fingerprint density at radius 1 is 1.13 bits per heavy atom. The highest BCUT2D eigenvalue weighted by Crippen LogP contribution is 2.34. The van der Waals surface area contributed by atoms with Gasteiger partial charge >= 0.3 is 6.18 Å². The van der Waals surface area contributed by atoms with E-state index in [1.165, 1.54) is 46.2 Å². The molecular formula is C20H18F3N3O2S2. The number of hydrogen-bond donors (Lipinski definition) is 1. The minimum absolute atomic E-state index is 0.0834. The van der Waals surface area contributed by atoms with Crippen molar-refractivity contribution in [2.75, 3.05) is 24.2 Å². The molecule has 10 heteroatoms. The number of amides is 2. The van der Waals surface area contributed by atoms with Crippen molar-refractivity contribution >= 4 is 50.8 Å². The third-order valence-corrected chi connectivity index (χ3v) is 6.33. The van der Waals surface area contributed by atoms with Crippen LogP contribution >= 0.6 is 23.1 Å². The Kier molecular flexibility index (Phi) is 6.99. The van der Waals surface area contributed by atoms with Gasteiger partial charge in [0.05, 0.1) is 33.8 Å². The topological polar surface area (TPSA) is 62.3 Å². The van der Waals surface area contributed by atoms with Gasteiger partial charge in [-0.05, 0) is 31.2 Å². The van der Waals surface area contributed by atoms with Crippen LogP contribution in [0.3, 0.4) is 0 Å². The van der Waals surface area contributed by atoms with E-state index in [0.29, 0.717) is 0 Å². The van der Waals surface area contributed by atoms with Gasteiger partial charge in [0, 0.05) is 6.54 Å². The molecule has 0 radical (unpaired) electrons. The lowest BCUT2D eigenvalue weighted by atomic mass is 10.1. The number of thiazole rings is 1. The highest BCUT2D eigenvalue weighted by Gasteiger charge is 2.33. The molecule has 1 N–H and O–H groups in total. The number of anilines is 1. The van der Waals surface area contributed by atoms with Crippen molar-refractivity contribution in [3.05, 3.63) is 54.1 Å². The van der Waals surface area contributed by atoms with Gasteiger partial charge in [-0.15, -0.1) is 11.3 Å². The predicted molar refractivity (Wildman–Crippen MR) is 113 cm³/mol. The zero-order valence-electron chi connectivity index (χ0n) is 15.9. The Labute approximate surface area is 179 Å². The van der Waals surface area contributed by atoms with Crippen LogP contribution in [0, 0.1) is 0 Å². The quantitative estimate of drug-likeness (QED) is 0.517. The average molecular weight is 454 g/mol. The molecular weight excluding hydrogens is 435 g/mol. The molecule has 158 valence electrons. The Hall–Kier alpha value is -2.59. The molecule has 30 heavy (non-hydrogen) atoms. The molecule has 2 aromatic carbocycles. The molecule has 2 amide bonds. The summed E-state index contributed by atoms with van der Waals surface area (Å²) in [7, 11) is 0. The van der Waals surface area contributed by atoms with Gasteiger partial charge in [0.1, 0.15) is 0 Å². The monoisotopic (exact) mass is 453 g/mol. The van der Waals surface area contributed by atoms with Crippen molar-refractivity contribution in [2.24, 2.45) is 0 Å². The lowest BCUT2D eigenvalue weighted by Crippen LogP contribution is -2.39. The normalized spacial score (nSPS) is 11.5. The van der Waals surface area contributed by atoms with Crippen molar-refractivity contribution < 1.29 is 22.8 Å². The second-order valence-electron chi connectivity index (χ2n) is 6.24. The Balaban J connectivity index is 1.59. The number of likely N-dealkylation sites (N-methyl/N-ethyl adjacent to an activating group) is 1. The highest BCUT2D eigenvalue weighted by atomic mass is 32.2. The summed E-state index contributed by atoms with van der Waals surface area (Å²) >= 11 is 2.74. The summed E-state index contributed by atoms with van der Waals surface area (Å²) in [5, 5.41) is 2.26. The number of halogens is 3. The van der Waals surface area contributed by atoms with Crippen molar-refractivity contribution in [3.63, 3.8) is 0 Å². The molecule has 0 fully saturated rings. The number of alkyl halides is 3. The molecule has 3 rings (SSSR count). The van der Waals surface area contributed by atoms with Crippen LogP contribution in [0.1, 0.15) is 12.5 Å². The predicted octanol–water partition coefficient (Wildman–Crippen LogP) is 4.89. The lowest BCUT2D eigenvalue weighted by Gasteiger charge is -2.21. The Bertz CT molecular complexity index is 1020. The van der Waals surface area contributed by atoms with Gasteiger partial charge in [-0.25, -0.2) is 4.98 Å². The number of nitrogens with one attached hydrogen (secondary N) is 1. The SMILES string of the molecule is CCN(CC(=O)Nc1ccccc1C(F)(F)F)C(=O)CSc1nc2ccccc2s1. The van der Waals surface area contributed by atoms with Gasteiger partial charge in [0.2, 0.25) is 11.8 Å². The molecule has 5 nitrogen and oxygen atoms in total. The van der Waals surface area contributed by atoms with Crippen molar-refractivity contribution in [3.8, 4) is 0 Å². The van der Waals surface area contributed by atoms with Crippen LogP contribution in [0.15, 0.2) is 52.9 Å². The molecule has 0 aliphatic carbocycles. The lowest BCUT2D eigenvalue weighted by molar-refractivity contribution is -0.137. The molecule has 0 atom stereocenters. The summed E-state index contributed by atoms with van der Waals surface area (Å²) in [4.78, 5) is 30.5. The highest BCUT2D eigenvalue weighted by molar-refractivity contribution is 8.01. The number of fused-ring (bicyclic) bond motifs is 1. The zero-order chi connectivity index (χ0) is 21.7. The van der Waals surface area contributed by atoms with Crippen LogP contribution in [0.4, 0.5) is 18.9 Å². The second kappa shape index (κ2) is 9.48. The van der Waals surface area contributed by atoms with E-state index in [9.17, 15) is 22.8 Å². The molecule has 0 unspecified atom stereocenters. The minimum Gasteiger partial charge on any atom is -0.333 e. The molecule has 0 spiro atoms. The average Bonchev–Trinajstić information content (AvgIpc) is 3.13. The van der Waals surface area contributed by atoms with E-state index in [1.54, 1.807) is 6.92 Å². The van der Waals surface area contributed by atoms with Gasteiger partial charge in [-0.3, -0.25) is 9.59 Å². The van der Waals surface area contributed by atoms with Crippen LogP contribution in [0.5, 0.6) is 0 Å². The number of thioether (sulfide) groups is 1. The molecule has 3 aromatic rings. The number of carbonyl (C=O) groups is 2. The third-order valence-electron chi connectivity index (χ3n) is 4.17. The van der Waals surface area contributed by atoms with Crippen LogP contribution < -0.4 is 5.32 Å². The number of hydrogen-bond acceptors (Lipinski definition) is 5. The summed E-state index contributed by atoms with van der Waals surface area (Å²) in [6.45, 7) is 1.63. The third kappa shape index (κ3) is 5.51. The molecule has 1 aromatic heterocycles. The van der Waals surface area contributed by atoms with E-state index in [4.69, 9.17) is 0 Å². The standard InChI is InChI=1S/C20H18F3N3O2S2/c1-2-26(11-17(27)24-14-8-4-3-7-13(14)20(21,22)23)18(28)12-29-19-25-15-9-5-6-10-16(15)30-19/h3-10H,2,11-12H2,1H3,(H,24,27). The van der Waals surface area contributed by atoms with E-state index in [1.807, 2.05) is 24.3 Å². The van der Waals surface area contributed by atoms with Crippen LogP contribution in [0.25, 0.3) is 10.2 Å². The Morgan fingerprint density at radius 3 is 2.53 bits per heavy atom. The molecule has 0 bridgehead atoms. The number of carbonyl (C=O) groups excluding carboxylic acids is 2. The van der Waals surface area contributed by atoms with Gasteiger partial charge in [-0.2, -0.15) is 13.2 Å². The van der Waals surface area contributed by atoms with E-state index in [-0.39, 0.29) is 30.4 Å². The largest absolute Gasteiger partial charge is 0.418 e. The van der Waals surface area contributed by atoms with Crippen LogP contribution in [-0.2, 0) is 15.8 Å². The summed E-state index contributed by atoms with van der Waals surface area (Å²) in [5.74, 6) is -0.895. The molecule has 0 saturated heterocycles. The van der Waals surface area contributed by atoms with Gasteiger partial charge in [0.15, 0.2) is 4.34 Å². The molecule has 1 heterocycles. The van der Waals surface area contributed by atoms with E-state index in [2.05, 4.69) is 10.3 Å². The number of para-hydroxylation sites is 2. The van der Waals surface area contributed by atoms with E-state index in [0.717, 1.165) is 20.6 Å². The number of nitrogens with zero attached hydrogens (tertiary/aromatic N) is 2.